The fraction of sp³-hybridized carbons (Fsp3) is 0.350. The minimum Gasteiger partial charge on any atom is -0.497 e. The number of amides is 1. The second kappa shape index (κ2) is 7.39. The maximum atomic E-state index is 12.3. The number of carbonyl (C=O) groups is 1. The van der Waals surface area contributed by atoms with E-state index in [9.17, 15) is 4.79 Å². The van der Waals surface area contributed by atoms with Gasteiger partial charge in [0.2, 0.25) is 5.91 Å². The summed E-state index contributed by atoms with van der Waals surface area (Å²) >= 11 is 0. The van der Waals surface area contributed by atoms with Gasteiger partial charge >= 0.3 is 0 Å². The third kappa shape index (κ3) is 3.70. The number of hydrogen-bond donors (Lipinski definition) is 1. The van der Waals surface area contributed by atoms with Crippen LogP contribution >= 0.6 is 0 Å². The molecule has 4 nitrogen and oxygen atoms in total. The molecule has 3 rings (SSSR count). The standard InChI is InChI=1S/C20H23NO3/c1-23-18-8-9-19(24-2)17(11-18)12-20(22)21-13-14-6-7-15-4-3-5-16(15)10-14/h6-11H,3-5,12-13H2,1-2H3,(H,21,22). The van der Waals surface area contributed by atoms with Crippen LogP contribution in [0.2, 0.25) is 0 Å². The van der Waals surface area contributed by atoms with E-state index < -0.39 is 0 Å². The Balaban J connectivity index is 1.61. The highest BCUT2D eigenvalue weighted by Crippen LogP contribution is 2.25. The van der Waals surface area contributed by atoms with Crippen LogP contribution in [0.3, 0.4) is 0 Å². The lowest BCUT2D eigenvalue weighted by atomic mass is 10.1. The third-order valence-corrected chi connectivity index (χ3v) is 4.49. The van der Waals surface area contributed by atoms with Gasteiger partial charge in [-0.15, -0.1) is 0 Å². The maximum Gasteiger partial charge on any atom is 0.224 e. The number of fused-ring (bicyclic) bond motifs is 1. The molecule has 0 aliphatic heterocycles. The topological polar surface area (TPSA) is 47.6 Å². The maximum absolute atomic E-state index is 12.3. The Morgan fingerprint density at radius 3 is 2.67 bits per heavy atom. The van der Waals surface area contributed by atoms with E-state index in [0.717, 1.165) is 23.3 Å². The van der Waals surface area contributed by atoms with Crippen LogP contribution in [0.4, 0.5) is 0 Å². The van der Waals surface area contributed by atoms with Gasteiger partial charge in [-0.2, -0.15) is 0 Å². The van der Waals surface area contributed by atoms with Crippen molar-refractivity contribution in [3.05, 3.63) is 58.7 Å². The lowest BCUT2D eigenvalue weighted by Gasteiger charge is -2.11. The van der Waals surface area contributed by atoms with Gasteiger partial charge in [0.1, 0.15) is 11.5 Å². The molecule has 0 bridgehead atoms. The average molecular weight is 325 g/mol. The summed E-state index contributed by atoms with van der Waals surface area (Å²) in [6, 6.07) is 12.0. The molecule has 0 saturated heterocycles. The lowest BCUT2D eigenvalue weighted by molar-refractivity contribution is -0.120. The monoisotopic (exact) mass is 325 g/mol. The van der Waals surface area contributed by atoms with Crippen LogP contribution in [0.5, 0.6) is 11.5 Å². The van der Waals surface area contributed by atoms with E-state index in [0.29, 0.717) is 12.3 Å². The second-order valence-electron chi connectivity index (χ2n) is 6.09. The van der Waals surface area contributed by atoms with Gasteiger partial charge in [0.15, 0.2) is 0 Å². The van der Waals surface area contributed by atoms with Crippen LogP contribution in [-0.4, -0.2) is 20.1 Å². The highest BCUT2D eigenvalue weighted by atomic mass is 16.5. The van der Waals surface area contributed by atoms with E-state index in [2.05, 4.69) is 23.5 Å². The van der Waals surface area contributed by atoms with Gasteiger partial charge in [-0.25, -0.2) is 0 Å². The molecule has 4 heteroatoms. The van der Waals surface area contributed by atoms with Crippen LogP contribution < -0.4 is 14.8 Å². The van der Waals surface area contributed by atoms with Crippen LogP contribution in [0, 0.1) is 0 Å². The molecule has 126 valence electrons. The Hall–Kier alpha value is -2.49. The smallest absolute Gasteiger partial charge is 0.224 e. The molecule has 0 radical (unpaired) electrons. The molecule has 0 atom stereocenters. The number of carbonyl (C=O) groups excluding carboxylic acids is 1. The molecule has 0 heterocycles. The fourth-order valence-electron chi connectivity index (χ4n) is 3.19. The first-order chi connectivity index (χ1) is 11.7. The summed E-state index contributed by atoms with van der Waals surface area (Å²) in [5.74, 6) is 1.39. The van der Waals surface area contributed by atoms with Crippen molar-refractivity contribution in [2.75, 3.05) is 14.2 Å². The molecular formula is C20H23NO3. The summed E-state index contributed by atoms with van der Waals surface area (Å²) < 4.78 is 10.5. The van der Waals surface area contributed by atoms with Crippen molar-refractivity contribution < 1.29 is 14.3 Å². The van der Waals surface area contributed by atoms with E-state index in [1.807, 2.05) is 18.2 Å². The zero-order valence-corrected chi connectivity index (χ0v) is 14.2. The van der Waals surface area contributed by atoms with Crippen molar-refractivity contribution in [3.63, 3.8) is 0 Å². The van der Waals surface area contributed by atoms with Crippen LogP contribution in [0.1, 0.15) is 28.7 Å². The SMILES string of the molecule is COc1ccc(OC)c(CC(=O)NCc2ccc3c(c2)CCC3)c1. The zero-order valence-electron chi connectivity index (χ0n) is 14.2. The van der Waals surface area contributed by atoms with Crippen molar-refractivity contribution in [2.45, 2.75) is 32.2 Å². The summed E-state index contributed by atoms with van der Waals surface area (Å²) in [6.07, 6.45) is 3.84. The van der Waals surface area contributed by atoms with E-state index in [1.54, 1.807) is 14.2 Å². The second-order valence-corrected chi connectivity index (χ2v) is 6.09. The Kier molecular flexibility index (Phi) is 5.04. The van der Waals surface area contributed by atoms with Gasteiger partial charge in [0.05, 0.1) is 20.6 Å². The molecular weight excluding hydrogens is 302 g/mol. The largest absolute Gasteiger partial charge is 0.497 e. The molecule has 1 aliphatic rings. The van der Waals surface area contributed by atoms with Gasteiger partial charge in [-0.1, -0.05) is 18.2 Å². The Morgan fingerprint density at radius 1 is 1.04 bits per heavy atom. The molecule has 1 N–H and O–H groups in total. The summed E-state index contributed by atoms with van der Waals surface area (Å²) in [7, 11) is 3.22. The van der Waals surface area contributed by atoms with Gasteiger partial charge in [0, 0.05) is 12.1 Å². The first-order valence-corrected chi connectivity index (χ1v) is 8.28. The average Bonchev–Trinajstić information content (AvgIpc) is 3.07. The summed E-state index contributed by atoms with van der Waals surface area (Å²) in [4.78, 5) is 12.3. The van der Waals surface area contributed by atoms with E-state index in [4.69, 9.17) is 9.47 Å². The Bertz CT molecular complexity index is 740. The normalized spacial score (nSPS) is 12.6. The van der Waals surface area contributed by atoms with Crippen molar-refractivity contribution in [2.24, 2.45) is 0 Å². The molecule has 1 amide bonds. The highest BCUT2D eigenvalue weighted by Gasteiger charge is 2.12. The first-order valence-electron chi connectivity index (χ1n) is 8.28. The van der Waals surface area contributed by atoms with Gasteiger partial charge in [0.25, 0.3) is 0 Å². The predicted octanol–water partition coefficient (Wildman–Crippen LogP) is 3.05. The molecule has 24 heavy (non-hydrogen) atoms. The number of nitrogens with one attached hydrogen (secondary N) is 1. The third-order valence-electron chi connectivity index (χ3n) is 4.49. The predicted molar refractivity (Wildman–Crippen MR) is 93.6 cm³/mol. The van der Waals surface area contributed by atoms with Crippen LogP contribution in [0.25, 0.3) is 0 Å². The minimum atomic E-state index is -0.0259. The number of benzene rings is 2. The molecule has 1 aliphatic carbocycles. The van der Waals surface area contributed by atoms with Gasteiger partial charge in [-0.3, -0.25) is 4.79 Å². The number of aryl methyl sites for hydroxylation is 2. The number of methoxy groups -OCH3 is 2. The number of ether oxygens (including phenoxy) is 2. The summed E-state index contributed by atoms with van der Waals surface area (Å²) in [5, 5.41) is 2.99. The van der Waals surface area contributed by atoms with E-state index in [-0.39, 0.29) is 12.3 Å². The van der Waals surface area contributed by atoms with Gasteiger partial charge in [-0.05, 0) is 54.2 Å². The molecule has 0 aromatic heterocycles. The van der Waals surface area contributed by atoms with Gasteiger partial charge < -0.3 is 14.8 Å². The minimum absolute atomic E-state index is 0.0259. The molecule has 2 aromatic carbocycles. The molecule has 0 unspecified atom stereocenters. The molecule has 0 saturated carbocycles. The van der Waals surface area contributed by atoms with Crippen molar-refractivity contribution >= 4 is 5.91 Å². The molecule has 2 aromatic rings. The first kappa shape index (κ1) is 16.4. The van der Waals surface area contributed by atoms with Crippen molar-refractivity contribution in [1.29, 1.82) is 0 Å². The highest BCUT2D eigenvalue weighted by molar-refractivity contribution is 5.79. The molecule has 0 spiro atoms. The molecule has 0 fully saturated rings. The van der Waals surface area contributed by atoms with E-state index >= 15 is 0 Å². The summed E-state index contributed by atoms with van der Waals surface area (Å²) in [5.41, 5.74) is 4.85. The van der Waals surface area contributed by atoms with E-state index in [1.165, 1.54) is 24.0 Å². The number of hydrogen-bond acceptors (Lipinski definition) is 3. The van der Waals surface area contributed by atoms with Crippen molar-refractivity contribution in [3.8, 4) is 11.5 Å². The van der Waals surface area contributed by atoms with Crippen LogP contribution in [-0.2, 0) is 30.6 Å². The lowest BCUT2D eigenvalue weighted by Crippen LogP contribution is -2.24. The number of rotatable bonds is 6. The fourth-order valence-corrected chi connectivity index (χ4v) is 3.19. The Labute approximate surface area is 142 Å². The van der Waals surface area contributed by atoms with Crippen molar-refractivity contribution in [1.82, 2.24) is 5.32 Å². The quantitative estimate of drug-likeness (QED) is 0.888. The summed E-state index contributed by atoms with van der Waals surface area (Å²) in [6.45, 7) is 0.554. The zero-order chi connectivity index (χ0) is 16.9. The van der Waals surface area contributed by atoms with Crippen LogP contribution in [0.15, 0.2) is 36.4 Å². The Morgan fingerprint density at radius 2 is 1.88 bits per heavy atom.